The average molecular weight is 226 g/mol. The molecule has 1 aliphatic rings. The van der Waals surface area contributed by atoms with Gasteiger partial charge < -0.3 is 10.6 Å². The molecule has 2 unspecified atom stereocenters. The monoisotopic (exact) mass is 226 g/mol. The minimum atomic E-state index is 0.197. The Kier molecular flexibility index (Phi) is 6.46. The Labute approximate surface area is 99.4 Å². The van der Waals surface area contributed by atoms with Crippen molar-refractivity contribution in [2.75, 3.05) is 13.1 Å². The molecule has 1 saturated heterocycles. The van der Waals surface area contributed by atoms with E-state index in [1.807, 2.05) is 0 Å². The van der Waals surface area contributed by atoms with E-state index in [2.05, 4.69) is 24.5 Å². The van der Waals surface area contributed by atoms with Crippen LogP contribution in [0.15, 0.2) is 0 Å². The largest absolute Gasteiger partial charge is 0.353 e. The van der Waals surface area contributed by atoms with Crippen molar-refractivity contribution in [3.63, 3.8) is 0 Å². The van der Waals surface area contributed by atoms with Crippen molar-refractivity contribution in [2.24, 2.45) is 5.92 Å². The average Bonchev–Trinajstić information content (AvgIpc) is 2.30. The summed E-state index contributed by atoms with van der Waals surface area (Å²) < 4.78 is 0. The lowest BCUT2D eigenvalue weighted by atomic mass is 9.98. The minimum Gasteiger partial charge on any atom is -0.353 e. The molecule has 16 heavy (non-hydrogen) atoms. The molecule has 1 amide bonds. The quantitative estimate of drug-likeness (QED) is 0.681. The highest BCUT2D eigenvalue weighted by Crippen LogP contribution is 2.11. The second-order valence-corrected chi connectivity index (χ2v) is 4.95. The first kappa shape index (κ1) is 13.5. The number of hydrogen-bond donors (Lipinski definition) is 2. The number of carbonyl (C=O) groups is 1. The van der Waals surface area contributed by atoms with Crippen molar-refractivity contribution in [1.82, 2.24) is 10.6 Å². The molecule has 0 bridgehead atoms. The summed E-state index contributed by atoms with van der Waals surface area (Å²) in [5.41, 5.74) is 0. The van der Waals surface area contributed by atoms with Gasteiger partial charge in [0.25, 0.3) is 0 Å². The molecule has 1 rings (SSSR count). The smallest absolute Gasteiger partial charge is 0.224 e. The molecule has 0 spiro atoms. The van der Waals surface area contributed by atoms with Crippen molar-refractivity contribution >= 4 is 5.91 Å². The van der Waals surface area contributed by atoms with Crippen LogP contribution in [-0.4, -0.2) is 25.0 Å². The molecule has 0 aromatic carbocycles. The van der Waals surface area contributed by atoms with Crippen LogP contribution >= 0.6 is 0 Å². The molecule has 0 aromatic heterocycles. The maximum absolute atomic E-state index is 11.9. The van der Waals surface area contributed by atoms with E-state index in [1.165, 1.54) is 19.3 Å². The van der Waals surface area contributed by atoms with Crippen LogP contribution < -0.4 is 10.6 Å². The summed E-state index contributed by atoms with van der Waals surface area (Å²) in [5, 5.41) is 6.41. The van der Waals surface area contributed by atoms with Gasteiger partial charge in [0.1, 0.15) is 0 Å². The lowest BCUT2D eigenvalue weighted by Crippen LogP contribution is -2.43. The molecular formula is C13H26N2O. The Balaban J connectivity index is 2.16. The molecule has 94 valence electrons. The maximum atomic E-state index is 11.9. The van der Waals surface area contributed by atoms with Gasteiger partial charge in [-0.15, -0.1) is 0 Å². The Hall–Kier alpha value is -0.570. The zero-order chi connectivity index (χ0) is 11.8. The molecule has 2 atom stereocenters. The standard InChI is InChI=1S/C13H26N2O/c1-3-4-5-7-11(2)15-13(16)12-8-6-9-14-10-12/h11-12,14H,3-10H2,1-2H3,(H,15,16). The van der Waals surface area contributed by atoms with E-state index in [4.69, 9.17) is 0 Å². The van der Waals surface area contributed by atoms with Crippen molar-refractivity contribution < 1.29 is 4.79 Å². The Morgan fingerprint density at radius 1 is 1.50 bits per heavy atom. The van der Waals surface area contributed by atoms with Crippen LogP contribution in [0.1, 0.15) is 52.4 Å². The van der Waals surface area contributed by atoms with E-state index in [0.717, 1.165) is 32.4 Å². The van der Waals surface area contributed by atoms with Gasteiger partial charge in [-0.1, -0.05) is 26.2 Å². The predicted molar refractivity (Wildman–Crippen MR) is 67.3 cm³/mol. The molecule has 1 heterocycles. The summed E-state index contributed by atoms with van der Waals surface area (Å²) in [7, 11) is 0. The maximum Gasteiger partial charge on any atom is 0.224 e. The van der Waals surface area contributed by atoms with E-state index in [1.54, 1.807) is 0 Å². The van der Waals surface area contributed by atoms with Crippen LogP contribution in [0.4, 0.5) is 0 Å². The Morgan fingerprint density at radius 2 is 2.31 bits per heavy atom. The lowest BCUT2D eigenvalue weighted by Gasteiger charge is -2.24. The van der Waals surface area contributed by atoms with Crippen molar-refractivity contribution in [3.05, 3.63) is 0 Å². The number of hydrogen-bond acceptors (Lipinski definition) is 2. The molecule has 0 saturated carbocycles. The van der Waals surface area contributed by atoms with Crippen LogP contribution in [0, 0.1) is 5.92 Å². The summed E-state index contributed by atoms with van der Waals surface area (Å²) in [6.07, 6.45) is 7.02. The third kappa shape index (κ3) is 4.97. The molecule has 3 heteroatoms. The van der Waals surface area contributed by atoms with Gasteiger partial charge in [0.05, 0.1) is 5.92 Å². The minimum absolute atomic E-state index is 0.197. The van der Waals surface area contributed by atoms with Gasteiger partial charge >= 0.3 is 0 Å². The summed E-state index contributed by atoms with van der Waals surface area (Å²) in [6.45, 7) is 6.24. The van der Waals surface area contributed by atoms with Gasteiger partial charge in [0, 0.05) is 12.6 Å². The van der Waals surface area contributed by atoms with Gasteiger partial charge in [-0.25, -0.2) is 0 Å². The van der Waals surface area contributed by atoms with Gasteiger partial charge in [-0.3, -0.25) is 4.79 Å². The summed E-state index contributed by atoms with van der Waals surface area (Å²) in [5.74, 6) is 0.443. The van der Waals surface area contributed by atoms with E-state index in [-0.39, 0.29) is 11.8 Å². The number of amides is 1. The van der Waals surface area contributed by atoms with Crippen LogP contribution in [0.5, 0.6) is 0 Å². The van der Waals surface area contributed by atoms with Crippen LogP contribution in [0.25, 0.3) is 0 Å². The van der Waals surface area contributed by atoms with E-state index in [0.29, 0.717) is 6.04 Å². The fraction of sp³-hybridized carbons (Fsp3) is 0.923. The Bertz CT molecular complexity index is 200. The van der Waals surface area contributed by atoms with E-state index in [9.17, 15) is 4.79 Å². The van der Waals surface area contributed by atoms with Crippen molar-refractivity contribution in [3.8, 4) is 0 Å². The zero-order valence-electron chi connectivity index (χ0n) is 10.7. The molecule has 3 nitrogen and oxygen atoms in total. The first-order valence-corrected chi connectivity index (χ1v) is 6.75. The third-order valence-electron chi connectivity index (χ3n) is 3.30. The van der Waals surface area contributed by atoms with Crippen molar-refractivity contribution in [2.45, 2.75) is 58.4 Å². The molecule has 0 aliphatic carbocycles. The number of unbranched alkanes of at least 4 members (excludes halogenated alkanes) is 2. The Morgan fingerprint density at radius 3 is 2.94 bits per heavy atom. The molecule has 1 aliphatic heterocycles. The number of piperidine rings is 1. The molecule has 2 N–H and O–H groups in total. The highest BCUT2D eigenvalue weighted by molar-refractivity contribution is 5.79. The molecule has 0 aromatic rings. The van der Waals surface area contributed by atoms with E-state index >= 15 is 0 Å². The molecular weight excluding hydrogens is 200 g/mol. The normalized spacial score (nSPS) is 22.8. The SMILES string of the molecule is CCCCCC(C)NC(=O)C1CCCNC1. The van der Waals surface area contributed by atoms with Gasteiger partial charge in [-0.05, 0) is 32.7 Å². The highest BCUT2D eigenvalue weighted by atomic mass is 16.1. The predicted octanol–water partition coefficient (Wildman–Crippen LogP) is 2.07. The first-order chi connectivity index (χ1) is 7.74. The summed E-state index contributed by atoms with van der Waals surface area (Å²) in [6, 6.07) is 0.334. The number of carbonyl (C=O) groups excluding carboxylic acids is 1. The van der Waals surface area contributed by atoms with E-state index < -0.39 is 0 Å². The highest BCUT2D eigenvalue weighted by Gasteiger charge is 2.21. The van der Waals surface area contributed by atoms with Gasteiger partial charge in [-0.2, -0.15) is 0 Å². The zero-order valence-corrected chi connectivity index (χ0v) is 10.7. The second kappa shape index (κ2) is 7.66. The topological polar surface area (TPSA) is 41.1 Å². The lowest BCUT2D eigenvalue weighted by molar-refractivity contribution is -0.126. The van der Waals surface area contributed by atoms with Crippen molar-refractivity contribution in [1.29, 1.82) is 0 Å². The summed E-state index contributed by atoms with van der Waals surface area (Å²) in [4.78, 5) is 11.9. The second-order valence-electron chi connectivity index (χ2n) is 4.95. The van der Waals surface area contributed by atoms with Crippen LogP contribution in [0.2, 0.25) is 0 Å². The number of nitrogens with one attached hydrogen (secondary N) is 2. The van der Waals surface area contributed by atoms with Crippen LogP contribution in [0.3, 0.4) is 0 Å². The molecule has 0 radical (unpaired) electrons. The fourth-order valence-corrected chi connectivity index (χ4v) is 2.21. The number of rotatable bonds is 6. The fourth-order valence-electron chi connectivity index (χ4n) is 2.21. The summed E-state index contributed by atoms with van der Waals surface area (Å²) >= 11 is 0. The van der Waals surface area contributed by atoms with Crippen LogP contribution in [-0.2, 0) is 4.79 Å². The van der Waals surface area contributed by atoms with Gasteiger partial charge in [0.15, 0.2) is 0 Å². The first-order valence-electron chi connectivity index (χ1n) is 6.75. The van der Waals surface area contributed by atoms with Gasteiger partial charge in [0.2, 0.25) is 5.91 Å². The third-order valence-corrected chi connectivity index (χ3v) is 3.30. The molecule has 1 fully saturated rings.